The summed E-state index contributed by atoms with van der Waals surface area (Å²) in [5.41, 5.74) is -0.709. The van der Waals surface area contributed by atoms with Crippen LogP contribution in [0.1, 0.15) is 46.1 Å². The highest BCUT2D eigenvalue weighted by Gasteiger charge is 2.50. The summed E-state index contributed by atoms with van der Waals surface area (Å²) in [5, 5.41) is 0. The molecule has 0 radical (unpaired) electrons. The van der Waals surface area contributed by atoms with Gasteiger partial charge in [0.2, 0.25) is 0 Å². The number of piperidine rings is 1. The number of halogens is 2. The first kappa shape index (κ1) is 20.2. The van der Waals surface area contributed by atoms with E-state index in [-0.39, 0.29) is 17.6 Å². The van der Waals surface area contributed by atoms with Crippen molar-refractivity contribution in [1.29, 1.82) is 0 Å². The van der Waals surface area contributed by atoms with Crippen LogP contribution in [0.5, 0.6) is 0 Å². The van der Waals surface area contributed by atoms with Crippen LogP contribution in [0.4, 0.5) is 8.78 Å². The van der Waals surface area contributed by atoms with Crippen LogP contribution in [0.3, 0.4) is 0 Å². The molecule has 4 nitrogen and oxygen atoms in total. The van der Waals surface area contributed by atoms with E-state index >= 15 is 0 Å². The minimum Gasteiger partial charge on any atom is -0.357 e. The van der Waals surface area contributed by atoms with E-state index in [0.717, 1.165) is 32.0 Å². The number of hydrogen-bond donors (Lipinski definition) is 0. The van der Waals surface area contributed by atoms with Crippen LogP contribution < -0.4 is 0 Å². The van der Waals surface area contributed by atoms with E-state index in [4.69, 9.17) is 4.74 Å². The second kappa shape index (κ2) is 7.47. The first-order chi connectivity index (χ1) is 12.6. The highest BCUT2D eigenvalue weighted by molar-refractivity contribution is 5.85. The molecule has 2 aliphatic heterocycles. The van der Waals surface area contributed by atoms with Gasteiger partial charge in [0, 0.05) is 25.7 Å². The average molecular weight is 380 g/mol. The number of hydrogen-bond acceptors (Lipinski definition) is 3. The fourth-order valence-electron chi connectivity index (χ4n) is 4.23. The molecule has 1 aromatic carbocycles. The van der Waals surface area contributed by atoms with Crippen molar-refractivity contribution in [3.8, 4) is 0 Å². The summed E-state index contributed by atoms with van der Waals surface area (Å²) in [6.07, 6.45) is 2.15. The lowest BCUT2D eigenvalue weighted by Gasteiger charge is -2.53. The van der Waals surface area contributed by atoms with Crippen LogP contribution in [0, 0.1) is 11.6 Å². The Kier molecular flexibility index (Phi) is 5.59. The molecule has 2 fully saturated rings. The minimum absolute atomic E-state index is 0.0483. The Labute approximate surface area is 160 Å². The van der Waals surface area contributed by atoms with Gasteiger partial charge in [0.1, 0.15) is 5.60 Å². The maximum absolute atomic E-state index is 13.8. The van der Waals surface area contributed by atoms with Crippen molar-refractivity contribution in [3.05, 3.63) is 35.4 Å². The number of ether oxygens (including phenoxy) is 1. The van der Waals surface area contributed by atoms with Gasteiger partial charge in [-0.15, -0.1) is 0 Å². The number of carbonyl (C=O) groups is 1. The summed E-state index contributed by atoms with van der Waals surface area (Å²) in [6.45, 7) is 10.7. The van der Waals surface area contributed by atoms with E-state index in [9.17, 15) is 13.6 Å². The van der Waals surface area contributed by atoms with Gasteiger partial charge in [0.15, 0.2) is 11.6 Å². The Morgan fingerprint density at radius 1 is 1.19 bits per heavy atom. The number of morpholine rings is 1. The lowest BCUT2D eigenvalue weighted by atomic mass is 9.85. The first-order valence-corrected chi connectivity index (χ1v) is 9.80. The third-order valence-electron chi connectivity index (χ3n) is 5.83. The zero-order valence-corrected chi connectivity index (χ0v) is 16.7. The van der Waals surface area contributed by atoms with Gasteiger partial charge in [-0.05, 0) is 58.6 Å². The van der Waals surface area contributed by atoms with Crippen molar-refractivity contribution >= 4 is 5.91 Å². The molecular formula is C21H30F2N2O2. The molecule has 0 unspecified atom stereocenters. The van der Waals surface area contributed by atoms with Crippen LogP contribution in [0.2, 0.25) is 0 Å². The summed E-state index contributed by atoms with van der Waals surface area (Å²) in [4.78, 5) is 16.8. The largest absolute Gasteiger partial charge is 0.357 e. The van der Waals surface area contributed by atoms with Crippen LogP contribution in [-0.2, 0) is 16.0 Å². The smallest absolute Gasteiger partial charge is 0.254 e. The van der Waals surface area contributed by atoms with Crippen molar-refractivity contribution in [2.45, 2.75) is 64.2 Å². The molecule has 0 saturated carbocycles. The van der Waals surface area contributed by atoms with E-state index in [2.05, 4.69) is 4.90 Å². The molecule has 2 saturated heterocycles. The van der Waals surface area contributed by atoms with Gasteiger partial charge >= 0.3 is 0 Å². The summed E-state index contributed by atoms with van der Waals surface area (Å²) in [5.74, 6) is -1.48. The third kappa shape index (κ3) is 4.16. The summed E-state index contributed by atoms with van der Waals surface area (Å²) < 4.78 is 33.5. The van der Waals surface area contributed by atoms with E-state index in [1.165, 1.54) is 0 Å². The Morgan fingerprint density at radius 2 is 1.85 bits per heavy atom. The molecule has 150 valence electrons. The van der Waals surface area contributed by atoms with Crippen LogP contribution >= 0.6 is 0 Å². The molecule has 0 aromatic heterocycles. The maximum Gasteiger partial charge on any atom is 0.254 e. The van der Waals surface area contributed by atoms with Gasteiger partial charge in [-0.1, -0.05) is 12.1 Å². The van der Waals surface area contributed by atoms with Crippen LogP contribution in [0.15, 0.2) is 18.2 Å². The molecule has 0 atom stereocenters. The number of carbonyl (C=O) groups excluding carboxylic acids is 1. The highest BCUT2D eigenvalue weighted by atomic mass is 19.2. The predicted molar refractivity (Wildman–Crippen MR) is 100 cm³/mol. The fourth-order valence-corrected chi connectivity index (χ4v) is 4.23. The van der Waals surface area contributed by atoms with E-state index in [0.29, 0.717) is 25.1 Å². The van der Waals surface area contributed by atoms with Gasteiger partial charge in [-0.2, -0.15) is 0 Å². The average Bonchev–Trinajstić information content (AvgIpc) is 2.60. The lowest BCUT2D eigenvalue weighted by molar-refractivity contribution is -0.219. The molecule has 3 rings (SSSR count). The Hall–Kier alpha value is -1.53. The van der Waals surface area contributed by atoms with E-state index in [1.54, 1.807) is 12.1 Å². The second-order valence-corrected chi connectivity index (χ2v) is 8.63. The van der Waals surface area contributed by atoms with Crippen molar-refractivity contribution < 1.29 is 18.3 Å². The van der Waals surface area contributed by atoms with Crippen molar-refractivity contribution in [1.82, 2.24) is 9.80 Å². The molecule has 0 N–H and O–H groups in total. The van der Waals surface area contributed by atoms with Gasteiger partial charge in [0.05, 0.1) is 12.1 Å². The van der Waals surface area contributed by atoms with Crippen molar-refractivity contribution in [2.75, 3.05) is 26.2 Å². The molecular weight excluding hydrogens is 350 g/mol. The summed E-state index contributed by atoms with van der Waals surface area (Å²) >= 11 is 0. The number of amides is 1. The SMILES string of the molecule is CC(C)N1CC2(CCN(CCc3cccc(F)c3F)CC2)OC(C)(C)C1=O. The van der Waals surface area contributed by atoms with E-state index < -0.39 is 17.2 Å². The number of benzene rings is 1. The standard InChI is InChI=1S/C21H30F2N2O2/c1-15(2)25-14-21(27-20(3,4)19(25)26)9-12-24(13-10-21)11-8-16-6-5-7-17(22)18(16)23/h5-7,15H,8-14H2,1-4H3. The zero-order valence-electron chi connectivity index (χ0n) is 16.7. The third-order valence-corrected chi connectivity index (χ3v) is 5.83. The monoisotopic (exact) mass is 380 g/mol. The summed E-state index contributed by atoms with van der Waals surface area (Å²) in [6, 6.07) is 4.48. The normalized spacial score (nSPS) is 22.6. The lowest BCUT2D eigenvalue weighted by Crippen LogP contribution is -2.66. The zero-order chi connectivity index (χ0) is 19.8. The predicted octanol–water partition coefficient (Wildman–Crippen LogP) is 3.39. The van der Waals surface area contributed by atoms with Crippen molar-refractivity contribution in [2.24, 2.45) is 0 Å². The number of rotatable bonds is 4. The van der Waals surface area contributed by atoms with E-state index in [1.807, 2.05) is 32.6 Å². The van der Waals surface area contributed by atoms with Gasteiger partial charge in [-0.25, -0.2) is 8.78 Å². The van der Waals surface area contributed by atoms with Crippen LogP contribution in [0.25, 0.3) is 0 Å². The number of nitrogens with zero attached hydrogens (tertiary/aromatic N) is 2. The Morgan fingerprint density at radius 3 is 2.48 bits per heavy atom. The van der Waals surface area contributed by atoms with Crippen molar-refractivity contribution in [3.63, 3.8) is 0 Å². The van der Waals surface area contributed by atoms with Crippen LogP contribution in [-0.4, -0.2) is 59.1 Å². The quantitative estimate of drug-likeness (QED) is 0.803. The Balaban J connectivity index is 1.61. The maximum atomic E-state index is 13.8. The molecule has 1 spiro atoms. The van der Waals surface area contributed by atoms with Gasteiger partial charge in [-0.3, -0.25) is 4.79 Å². The molecule has 1 aromatic rings. The topological polar surface area (TPSA) is 32.8 Å². The van der Waals surface area contributed by atoms with Gasteiger partial charge in [0.25, 0.3) is 5.91 Å². The fraction of sp³-hybridized carbons (Fsp3) is 0.667. The minimum atomic E-state index is -0.810. The first-order valence-electron chi connectivity index (χ1n) is 9.80. The molecule has 0 aliphatic carbocycles. The highest BCUT2D eigenvalue weighted by Crippen LogP contribution is 2.37. The number of likely N-dealkylation sites (tertiary alicyclic amines) is 1. The Bertz CT molecular complexity index is 697. The molecule has 27 heavy (non-hydrogen) atoms. The second-order valence-electron chi connectivity index (χ2n) is 8.63. The van der Waals surface area contributed by atoms with Gasteiger partial charge < -0.3 is 14.5 Å². The molecule has 2 aliphatic rings. The molecule has 2 heterocycles. The molecule has 6 heteroatoms. The molecule has 0 bridgehead atoms. The molecule has 1 amide bonds. The summed E-state index contributed by atoms with van der Waals surface area (Å²) in [7, 11) is 0.